The first-order valence-corrected chi connectivity index (χ1v) is 12.4. The van der Waals surface area contributed by atoms with Crippen LogP contribution in [0.2, 0.25) is 0 Å². The number of benzene rings is 1. The molecular formula is C26H32F3N5O. The van der Waals surface area contributed by atoms with Crippen LogP contribution in [0, 0.1) is 5.92 Å². The number of piperazine rings is 1. The molecule has 2 N–H and O–H groups in total. The van der Waals surface area contributed by atoms with Crippen molar-refractivity contribution in [3.05, 3.63) is 58.4 Å². The molecule has 2 fully saturated rings. The van der Waals surface area contributed by atoms with Crippen LogP contribution >= 0.6 is 0 Å². The Morgan fingerprint density at radius 2 is 1.80 bits per heavy atom. The van der Waals surface area contributed by atoms with Crippen LogP contribution in [0.15, 0.2) is 35.3 Å². The number of aromatic nitrogens is 1. The van der Waals surface area contributed by atoms with Crippen LogP contribution in [0.1, 0.15) is 52.6 Å². The highest BCUT2D eigenvalue weighted by molar-refractivity contribution is 5.95. The van der Waals surface area contributed by atoms with E-state index in [1.807, 2.05) is 17.2 Å². The summed E-state index contributed by atoms with van der Waals surface area (Å²) in [6.07, 6.45) is 0.666. The predicted molar refractivity (Wildman–Crippen MR) is 129 cm³/mol. The standard InChI is InChI=1S/C26H32F3N5O/c1-25(20-6-8-30-9-7-20)15-19-14-22(32-23(19)16-31-25)24(35)34-12-10-33(11-13-34)17-18-2-4-21(5-3-18)26(27,28)29/h2-5,14,16,20,30,32H,6-13,15,17H2,1H3. The number of nitrogens with one attached hydrogen (secondary N) is 2. The van der Waals surface area contributed by atoms with Gasteiger partial charge in [-0.1, -0.05) is 12.1 Å². The van der Waals surface area contributed by atoms with Gasteiger partial charge in [0.2, 0.25) is 0 Å². The highest BCUT2D eigenvalue weighted by Gasteiger charge is 2.38. The summed E-state index contributed by atoms with van der Waals surface area (Å²) >= 11 is 0. The maximum atomic E-state index is 13.2. The maximum absolute atomic E-state index is 13.2. The first-order valence-electron chi connectivity index (χ1n) is 12.4. The van der Waals surface area contributed by atoms with E-state index in [9.17, 15) is 18.0 Å². The van der Waals surface area contributed by atoms with Crippen molar-refractivity contribution in [2.45, 2.75) is 44.4 Å². The summed E-state index contributed by atoms with van der Waals surface area (Å²) < 4.78 is 38.3. The van der Waals surface area contributed by atoms with E-state index in [4.69, 9.17) is 4.99 Å². The molecule has 1 aromatic carbocycles. The second-order valence-corrected chi connectivity index (χ2v) is 10.2. The smallest absolute Gasteiger partial charge is 0.350 e. The van der Waals surface area contributed by atoms with Gasteiger partial charge >= 0.3 is 6.18 Å². The number of H-pyrrole nitrogens is 1. The van der Waals surface area contributed by atoms with Gasteiger partial charge in [0, 0.05) is 38.9 Å². The summed E-state index contributed by atoms with van der Waals surface area (Å²) in [5, 5.41) is 3.42. The third-order valence-corrected chi connectivity index (χ3v) is 7.77. The Morgan fingerprint density at radius 1 is 1.11 bits per heavy atom. The average molecular weight is 488 g/mol. The number of hydrogen-bond acceptors (Lipinski definition) is 4. The molecule has 9 heteroatoms. The molecule has 1 aromatic heterocycles. The van der Waals surface area contributed by atoms with Crippen LogP contribution < -0.4 is 5.32 Å². The first kappa shape index (κ1) is 24.1. The molecular weight excluding hydrogens is 455 g/mol. The summed E-state index contributed by atoms with van der Waals surface area (Å²) in [5.74, 6) is 0.533. The minimum absolute atomic E-state index is 0.00875. The predicted octanol–water partition coefficient (Wildman–Crippen LogP) is 3.72. The zero-order valence-electron chi connectivity index (χ0n) is 20.0. The molecule has 5 rings (SSSR count). The minimum atomic E-state index is -4.32. The van der Waals surface area contributed by atoms with E-state index in [0.29, 0.717) is 44.3 Å². The van der Waals surface area contributed by atoms with Crippen molar-refractivity contribution in [3.63, 3.8) is 0 Å². The van der Waals surface area contributed by atoms with E-state index in [1.165, 1.54) is 12.1 Å². The Kier molecular flexibility index (Phi) is 6.48. The fourth-order valence-corrected chi connectivity index (χ4v) is 5.56. The van der Waals surface area contributed by atoms with Gasteiger partial charge in [0.05, 0.1) is 16.8 Å². The molecule has 35 heavy (non-hydrogen) atoms. The molecule has 1 amide bonds. The molecule has 6 nitrogen and oxygen atoms in total. The van der Waals surface area contributed by atoms with Crippen molar-refractivity contribution in [1.82, 2.24) is 20.1 Å². The molecule has 3 aliphatic rings. The van der Waals surface area contributed by atoms with Gasteiger partial charge in [-0.05, 0) is 74.5 Å². The molecule has 0 aliphatic carbocycles. The third kappa shape index (κ3) is 5.16. The van der Waals surface area contributed by atoms with Crippen molar-refractivity contribution in [2.24, 2.45) is 10.9 Å². The van der Waals surface area contributed by atoms with Crippen molar-refractivity contribution in [2.75, 3.05) is 39.3 Å². The van der Waals surface area contributed by atoms with Crippen molar-refractivity contribution >= 4 is 12.1 Å². The molecule has 0 spiro atoms. The van der Waals surface area contributed by atoms with Gasteiger partial charge in [-0.2, -0.15) is 13.2 Å². The maximum Gasteiger partial charge on any atom is 0.416 e. The quantitative estimate of drug-likeness (QED) is 0.691. The first-order chi connectivity index (χ1) is 16.7. The monoisotopic (exact) mass is 487 g/mol. The molecule has 0 bridgehead atoms. The number of amides is 1. The van der Waals surface area contributed by atoms with E-state index < -0.39 is 11.7 Å². The number of fused-ring (bicyclic) bond motifs is 1. The van der Waals surface area contributed by atoms with Crippen LogP contribution in [0.3, 0.4) is 0 Å². The number of nitrogens with zero attached hydrogens (tertiary/aromatic N) is 3. The van der Waals surface area contributed by atoms with Gasteiger partial charge in [-0.25, -0.2) is 0 Å². The number of aromatic amines is 1. The molecule has 0 radical (unpaired) electrons. The van der Waals surface area contributed by atoms with Gasteiger partial charge in [0.1, 0.15) is 5.69 Å². The highest BCUT2D eigenvalue weighted by atomic mass is 19.4. The zero-order chi connectivity index (χ0) is 24.6. The van der Waals surface area contributed by atoms with Gasteiger partial charge in [-0.3, -0.25) is 14.7 Å². The van der Waals surface area contributed by atoms with Gasteiger partial charge in [0.15, 0.2) is 0 Å². The van der Waals surface area contributed by atoms with E-state index in [2.05, 4.69) is 22.1 Å². The fourth-order valence-electron chi connectivity index (χ4n) is 5.56. The third-order valence-electron chi connectivity index (χ3n) is 7.77. The molecule has 4 heterocycles. The number of carbonyl (C=O) groups is 1. The van der Waals surface area contributed by atoms with Crippen LogP contribution in [0.5, 0.6) is 0 Å². The zero-order valence-corrected chi connectivity index (χ0v) is 20.0. The lowest BCUT2D eigenvalue weighted by Crippen LogP contribution is -2.48. The Bertz CT molecular complexity index is 1080. The average Bonchev–Trinajstić information content (AvgIpc) is 3.27. The second kappa shape index (κ2) is 9.43. The summed E-state index contributed by atoms with van der Waals surface area (Å²) in [4.78, 5) is 25.4. The lowest BCUT2D eigenvalue weighted by molar-refractivity contribution is -0.137. The number of carbonyl (C=O) groups excluding carboxylic acids is 1. The number of alkyl halides is 3. The molecule has 1 unspecified atom stereocenters. The fraction of sp³-hybridized carbons (Fsp3) is 0.538. The van der Waals surface area contributed by atoms with Crippen molar-refractivity contribution in [1.29, 1.82) is 0 Å². The molecule has 188 valence electrons. The largest absolute Gasteiger partial charge is 0.416 e. The van der Waals surface area contributed by atoms with Gasteiger partial charge in [0.25, 0.3) is 5.91 Å². The van der Waals surface area contributed by atoms with E-state index in [-0.39, 0.29) is 11.4 Å². The Balaban J connectivity index is 1.17. The molecule has 2 aromatic rings. The Labute approximate surface area is 203 Å². The van der Waals surface area contributed by atoms with Crippen LogP contribution in [-0.2, 0) is 19.1 Å². The van der Waals surface area contributed by atoms with E-state index >= 15 is 0 Å². The lowest BCUT2D eigenvalue weighted by atomic mass is 9.75. The van der Waals surface area contributed by atoms with Crippen LogP contribution in [0.25, 0.3) is 0 Å². The highest BCUT2D eigenvalue weighted by Crippen LogP contribution is 2.36. The molecule has 3 aliphatic heterocycles. The second-order valence-electron chi connectivity index (χ2n) is 10.2. The number of piperidine rings is 1. The molecule has 1 atom stereocenters. The van der Waals surface area contributed by atoms with Crippen LogP contribution in [-0.4, -0.2) is 71.7 Å². The SMILES string of the molecule is CC1(C2CCNCC2)Cc2cc(C(=O)N3CCN(Cc4ccc(C(F)(F)F)cc4)CC3)[nH]c2C=N1. The number of aliphatic imine (C=N–C) groups is 1. The van der Waals surface area contributed by atoms with Crippen molar-refractivity contribution in [3.8, 4) is 0 Å². The summed E-state index contributed by atoms with van der Waals surface area (Å²) in [7, 11) is 0. The number of rotatable bonds is 4. The van der Waals surface area contributed by atoms with E-state index in [0.717, 1.165) is 61.3 Å². The summed E-state index contributed by atoms with van der Waals surface area (Å²) in [5.41, 5.74) is 2.78. The lowest BCUT2D eigenvalue weighted by Gasteiger charge is -2.38. The molecule has 0 saturated carbocycles. The molecule has 2 saturated heterocycles. The summed E-state index contributed by atoms with van der Waals surface area (Å²) in [6.45, 7) is 7.41. The summed E-state index contributed by atoms with van der Waals surface area (Å²) in [6, 6.07) is 7.31. The number of halogens is 3. The topological polar surface area (TPSA) is 63.7 Å². The van der Waals surface area contributed by atoms with E-state index in [1.54, 1.807) is 0 Å². The Morgan fingerprint density at radius 3 is 2.46 bits per heavy atom. The normalized spacial score (nSPS) is 23.9. The van der Waals surface area contributed by atoms with Crippen molar-refractivity contribution < 1.29 is 18.0 Å². The van der Waals surface area contributed by atoms with Gasteiger partial charge in [-0.15, -0.1) is 0 Å². The van der Waals surface area contributed by atoms with Crippen LogP contribution in [0.4, 0.5) is 13.2 Å². The number of hydrogen-bond donors (Lipinski definition) is 2. The minimum Gasteiger partial charge on any atom is -0.350 e. The van der Waals surface area contributed by atoms with Gasteiger partial charge < -0.3 is 15.2 Å². The Hall–Kier alpha value is -2.65.